The molecule has 0 fully saturated rings. The van der Waals surface area contributed by atoms with Crippen LogP contribution >= 0.6 is 0 Å². The van der Waals surface area contributed by atoms with E-state index in [1.807, 2.05) is 0 Å². The first kappa shape index (κ1) is 10.9. The SMILES string of the molecule is NCCCN(C=O)CCC(=O)O. The molecule has 12 heavy (non-hydrogen) atoms. The summed E-state index contributed by atoms with van der Waals surface area (Å²) < 4.78 is 0. The lowest BCUT2D eigenvalue weighted by Gasteiger charge is -2.14. The first-order valence-corrected chi connectivity index (χ1v) is 3.82. The van der Waals surface area contributed by atoms with Gasteiger partial charge in [-0.25, -0.2) is 0 Å². The summed E-state index contributed by atoms with van der Waals surface area (Å²) in [7, 11) is 0. The van der Waals surface area contributed by atoms with Gasteiger partial charge < -0.3 is 15.7 Å². The van der Waals surface area contributed by atoms with Crippen LogP contribution in [0.3, 0.4) is 0 Å². The molecular weight excluding hydrogens is 160 g/mol. The standard InChI is InChI=1S/C7H14N2O3/c8-3-1-4-9(6-10)5-2-7(11)12/h6H,1-5,8H2,(H,11,12). The molecule has 0 radical (unpaired) electrons. The molecule has 0 saturated heterocycles. The Balaban J connectivity index is 3.52. The fraction of sp³-hybridized carbons (Fsp3) is 0.714. The largest absolute Gasteiger partial charge is 0.481 e. The van der Waals surface area contributed by atoms with Crippen LogP contribution in [0.25, 0.3) is 0 Å². The minimum Gasteiger partial charge on any atom is -0.481 e. The molecule has 0 spiro atoms. The average molecular weight is 174 g/mol. The summed E-state index contributed by atoms with van der Waals surface area (Å²) in [6.07, 6.45) is 1.35. The second-order valence-corrected chi connectivity index (χ2v) is 2.43. The van der Waals surface area contributed by atoms with E-state index in [0.717, 1.165) is 0 Å². The number of amides is 1. The Morgan fingerprint density at radius 1 is 1.50 bits per heavy atom. The molecule has 0 aliphatic rings. The van der Waals surface area contributed by atoms with Gasteiger partial charge in [0.15, 0.2) is 0 Å². The molecular formula is C7H14N2O3. The number of hydrogen-bond acceptors (Lipinski definition) is 3. The van der Waals surface area contributed by atoms with Gasteiger partial charge in [0, 0.05) is 13.1 Å². The lowest BCUT2D eigenvalue weighted by Crippen LogP contribution is -2.27. The smallest absolute Gasteiger partial charge is 0.305 e. The molecule has 0 aromatic carbocycles. The molecule has 0 bridgehead atoms. The molecule has 0 atom stereocenters. The Hall–Kier alpha value is -1.10. The van der Waals surface area contributed by atoms with Gasteiger partial charge in [-0.1, -0.05) is 0 Å². The molecule has 0 aliphatic carbocycles. The maximum absolute atomic E-state index is 10.3. The van der Waals surface area contributed by atoms with Gasteiger partial charge in [-0.2, -0.15) is 0 Å². The Morgan fingerprint density at radius 2 is 2.17 bits per heavy atom. The summed E-state index contributed by atoms with van der Waals surface area (Å²) >= 11 is 0. The van der Waals surface area contributed by atoms with E-state index >= 15 is 0 Å². The number of aliphatic carboxylic acids is 1. The summed E-state index contributed by atoms with van der Waals surface area (Å²) in [4.78, 5) is 21.9. The van der Waals surface area contributed by atoms with Gasteiger partial charge in [-0.15, -0.1) is 0 Å². The monoisotopic (exact) mass is 174 g/mol. The van der Waals surface area contributed by atoms with E-state index in [1.165, 1.54) is 4.90 Å². The third-order valence-corrected chi connectivity index (χ3v) is 1.41. The van der Waals surface area contributed by atoms with Crippen LogP contribution < -0.4 is 5.73 Å². The second kappa shape index (κ2) is 6.60. The Kier molecular flexibility index (Phi) is 6.00. The fourth-order valence-corrected chi connectivity index (χ4v) is 0.751. The Morgan fingerprint density at radius 3 is 2.58 bits per heavy atom. The van der Waals surface area contributed by atoms with Crippen LogP contribution in [0.1, 0.15) is 12.8 Å². The molecule has 0 rings (SSSR count). The predicted molar refractivity (Wildman–Crippen MR) is 43.6 cm³/mol. The van der Waals surface area contributed by atoms with Gasteiger partial charge >= 0.3 is 5.97 Å². The highest BCUT2D eigenvalue weighted by Gasteiger charge is 2.03. The van der Waals surface area contributed by atoms with Gasteiger partial charge in [0.2, 0.25) is 6.41 Å². The molecule has 0 unspecified atom stereocenters. The number of nitrogens with two attached hydrogens (primary N) is 1. The number of carboxylic acids is 1. The molecule has 5 nitrogen and oxygen atoms in total. The highest BCUT2D eigenvalue weighted by molar-refractivity contribution is 5.67. The Bertz CT molecular complexity index is 150. The van der Waals surface area contributed by atoms with E-state index in [9.17, 15) is 9.59 Å². The molecule has 0 aromatic rings. The summed E-state index contributed by atoms with van der Waals surface area (Å²) in [5.74, 6) is -0.894. The van der Waals surface area contributed by atoms with E-state index in [-0.39, 0.29) is 13.0 Å². The summed E-state index contributed by atoms with van der Waals surface area (Å²) in [6, 6.07) is 0. The highest BCUT2D eigenvalue weighted by atomic mass is 16.4. The zero-order chi connectivity index (χ0) is 9.40. The van der Waals surface area contributed by atoms with Crippen LogP contribution in [0.4, 0.5) is 0 Å². The Labute approximate surface area is 71.1 Å². The fourth-order valence-electron chi connectivity index (χ4n) is 0.751. The van der Waals surface area contributed by atoms with Gasteiger partial charge in [0.1, 0.15) is 0 Å². The zero-order valence-corrected chi connectivity index (χ0v) is 6.90. The molecule has 0 aromatic heterocycles. The highest BCUT2D eigenvalue weighted by Crippen LogP contribution is 1.89. The molecule has 5 heteroatoms. The third-order valence-electron chi connectivity index (χ3n) is 1.41. The van der Waals surface area contributed by atoms with E-state index < -0.39 is 5.97 Å². The molecule has 3 N–H and O–H groups in total. The maximum atomic E-state index is 10.3. The first-order valence-electron chi connectivity index (χ1n) is 3.82. The van der Waals surface area contributed by atoms with Crippen molar-refractivity contribution in [1.82, 2.24) is 4.90 Å². The quantitative estimate of drug-likeness (QED) is 0.498. The number of rotatable bonds is 7. The minimum atomic E-state index is -0.894. The van der Waals surface area contributed by atoms with Crippen LogP contribution in [0.5, 0.6) is 0 Å². The summed E-state index contributed by atoms with van der Waals surface area (Å²) in [5.41, 5.74) is 5.23. The van der Waals surface area contributed by atoms with E-state index in [1.54, 1.807) is 0 Å². The van der Waals surface area contributed by atoms with Crippen molar-refractivity contribution >= 4 is 12.4 Å². The predicted octanol–water partition coefficient (Wildman–Crippen LogP) is -0.732. The number of nitrogens with zero attached hydrogens (tertiary/aromatic N) is 1. The summed E-state index contributed by atoms with van der Waals surface area (Å²) in [5, 5.41) is 8.32. The lowest BCUT2D eigenvalue weighted by atomic mass is 10.3. The van der Waals surface area contributed by atoms with Crippen molar-refractivity contribution in [3.63, 3.8) is 0 Å². The molecule has 0 heterocycles. The number of carbonyl (C=O) groups excluding carboxylic acids is 1. The van der Waals surface area contributed by atoms with Crippen molar-refractivity contribution in [3.8, 4) is 0 Å². The second-order valence-electron chi connectivity index (χ2n) is 2.43. The number of carboxylic acid groups (broad SMARTS) is 1. The van der Waals surface area contributed by atoms with Crippen molar-refractivity contribution in [3.05, 3.63) is 0 Å². The number of carbonyl (C=O) groups is 2. The molecule has 0 aliphatic heterocycles. The molecule has 0 saturated carbocycles. The van der Waals surface area contributed by atoms with Gasteiger partial charge in [0.05, 0.1) is 6.42 Å². The van der Waals surface area contributed by atoms with E-state index in [4.69, 9.17) is 10.8 Å². The van der Waals surface area contributed by atoms with Crippen LogP contribution in [-0.4, -0.2) is 42.0 Å². The van der Waals surface area contributed by atoms with Crippen LogP contribution in [0, 0.1) is 0 Å². The zero-order valence-electron chi connectivity index (χ0n) is 6.90. The van der Waals surface area contributed by atoms with Crippen molar-refractivity contribution < 1.29 is 14.7 Å². The average Bonchev–Trinajstić information content (AvgIpc) is 2.05. The topological polar surface area (TPSA) is 83.6 Å². The minimum absolute atomic E-state index is 0.0106. The van der Waals surface area contributed by atoms with Gasteiger partial charge in [-0.05, 0) is 13.0 Å². The summed E-state index contributed by atoms with van der Waals surface area (Å²) in [6.45, 7) is 1.31. The normalized spacial score (nSPS) is 9.42. The van der Waals surface area contributed by atoms with Crippen LogP contribution in [0.2, 0.25) is 0 Å². The molecule has 70 valence electrons. The molecule has 1 amide bonds. The van der Waals surface area contributed by atoms with Crippen LogP contribution in [0.15, 0.2) is 0 Å². The van der Waals surface area contributed by atoms with Crippen LogP contribution in [-0.2, 0) is 9.59 Å². The van der Waals surface area contributed by atoms with Crippen molar-refractivity contribution in [2.75, 3.05) is 19.6 Å². The van der Waals surface area contributed by atoms with Crippen molar-refractivity contribution in [2.45, 2.75) is 12.8 Å². The van der Waals surface area contributed by atoms with E-state index in [0.29, 0.717) is 25.9 Å². The van der Waals surface area contributed by atoms with E-state index in [2.05, 4.69) is 0 Å². The van der Waals surface area contributed by atoms with Gasteiger partial charge in [0.25, 0.3) is 0 Å². The number of hydrogen-bond donors (Lipinski definition) is 2. The van der Waals surface area contributed by atoms with Crippen molar-refractivity contribution in [2.24, 2.45) is 5.73 Å². The third kappa shape index (κ3) is 5.67. The van der Waals surface area contributed by atoms with Crippen molar-refractivity contribution in [1.29, 1.82) is 0 Å². The van der Waals surface area contributed by atoms with Gasteiger partial charge in [-0.3, -0.25) is 9.59 Å². The first-order chi connectivity index (χ1) is 5.70. The lowest BCUT2D eigenvalue weighted by molar-refractivity contribution is -0.137. The maximum Gasteiger partial charge on any atom is 0.305 e.